The third kappa shape index (κ3) is 3.18. The van der Waals surface area contributed by atoms with Crippen LogP contribution in [0.25, 0.3) is 0 Å². The van der Waals surface area contributed by atoms with Crippen molar-refractivity contribution >= 4 is 16.0 Å². The van der Waals surface area contributed by atoms with E-state index in [0.717, 1.165) is 12.8 Å². The lowest BCUT2D eigenvalue weighted by atomic mass is 10.0. The molecule has 0 aromatic carbocycles. The van der Waals surface area contributed by atoms with Gasteiger partial charge in [0.2, 0.25) is 0 Å². The molecule has 7 nitrogen and oxygen atoms in total. The van der Waals surface area contributed by atoms with Crippen molar-refractivity contribution < 1.29 is 18.3 Å². The highest BCUT2D eigenvalue weighted by Gasteiger charge is 2.34. The number of sulfonamides is 1. The number of rotatable bonds is 5. The highest BCUT2D eigenvalue weighted by molar-refractivity contribution is 7.89. The fourth-order valence-corrected chi connectivity index (χ4v) is 4.21. The Bertz CT molecular complexity index is 581. The van der Waals surface area contributed by atoms with Crippen molar-refractivity contribution in [3.8, 4) is 0 Å². The van der Waals surface area contributed by atoms with Gasteiger partial charge in [-0.1, -0.05) is 6.42 Å². The molecule has 1 unspecified atom stereocenters. The Morgan fingerprint density at radius 3 is 2.90 bits per heavy atom. The van der Waals surface area contributed by atoms with E-state index >= 15 is 0 Å². The molecule has 2 heterocycles. The minimum atomic E-state index is -3.62. The first-order chi connectivity index (χ1) is 9.41. The monoisotopic (exact) mass is 301 g/mol. The summed E-state index contributed by atoms with van der Waals surface area (Å²) < 4.78 is 26.5. The standard InChI is InChI=1S/C12H19N3O4S/c1-9-13-8-11(14-9)20(18,19)15-7-3-2-4-10(15)5-6-12(16)17/h8,10H,2-7H2,1H3,(H,13,14)(H,16,17). The van der Waals surface area contributed by atoms with Crippen LogP contribution in [-0.4, -0.2) is 46.4 Å². The lowest BCUT2D eigenvalue weighted by molar-refractivity contribution is -0.137. The van der Waals surface area contributed by atoms with Crippen LogP contribution in [0, 0.1) is 6.92 Å². The molecule has 1 aliphatic heterocycles. The van der Waals surface area contributed by atoms with Crippen molar-refractivity contribution in [2.24, 2.45) is 0 Å². The number of carbonyl (C=O) groups is 1. The first-order valence-corrected chi connectivity index (χ1v) is 8.10. The average Bonchev–Trinajstić information content (AvgIpc) is 2.84. The number of nitrogens with zero attached hydrogens (tertiary/aromatic N) is 2. The minimum Gasteiger partial charge on any atom is -0.481 e. The molecule has 0 spiro atoms. The maximum Gasteiger partial charge on any atom is 0.303 e. The summed E-state index contributed by atoms with van der Waals surface area (Å²) in [6, 6.07) is -0.242. The number of aromatic nitrogens is 2. The molecule has 2 rings (SSSR count). The predicted molar refractivity (Wildman–Crippen MR) is 71.7 cm³/mol. The molecule has 1 atom stereocenters. The van der Waals surface area contributed by atoms with E-state index in [9.17, 15) is 13.2 Å². The van der Waals surface area contributed by atoms with E-state index < -0.39 is 16.0 Å². The number of aryl methyl sites for hydroxylation is 1. The number of aliphatic carboxylic acids is 1. The zero-order valence-corrected chi connectivity index (χ0v) is 12.2. The molecule has 20 heavy (non-hydrogen) atoms. The second-order valence-corrected chi connectivity index (χ2v) is 6.89. The highest BCUT2D eigenvalue weighted by atomic mass is 32.2. The molecule has 0 amide bonds. The van der Waals surface area contributed by atoms with Gasteiger partial charge in [-0.25, -0.2) is 13.4 Å². The van der Waals surface area contributed by atoms with Crippen LogP contribution in [0.1, 0.15) is 37.9 Å². The molecule has 0 saturated carbocycles. The van der Waals surface area contributed by atoms with Gasteiger partial charge in [0.1, 0.15) is 5.82 Å². The second-order valence-electron chi connectivity index (χ2n) is 5.03. The molecule has 2 N–H and O–H groups in total. The summed E-state index contributed by atoms with van der Waals surface area (Å²) in [5, 5.41) is 8.85. The van der Waals surface area contributed by atoms with E-state index in [4.69, 9.17) is 5.11 Å². The quantitative estimate of drug-likeness (QED) is 0.848. The molecule has 1 saturated heterocycles. The number of hydrogen-bond donors (Lipinski definition) is 2. The van der Waals surface area contributed by atoms with Crippen LogP contribution in [0.5, 0.6) is 0 Å². The van der Waals surface area contributed by atoms with Gasteiger partial charge in [-0.3, -0.25) is 4.79 Å². The zero-order chi connectivity index (χ0) is 14.8. The molecular formula is C12H19N3O4S. The van der Waals surface area contributed by atoms with Crippen molar-refractivity contribution in [1.82, 2.24) is 14.3 Å². The maximum atomic E-state index is 12.6. The van der Waals surface area contributed by atoms with Gasteiger partial charge in [0.15, 0.2) is 5.03 Å². The fourth-order valence-electron chi connectivity index (χ4n) is 2.52. The SMILES string of the molecule is Cc1ncc(S(=O)(=O)N2CCCCC2CCC(=O)O)[nH]1. The number of carboxylic acids is 1. The Labute approximate surface area is 118 Å². The van der Waals surface area contributed by atoms with Gasteiger partial charge in [-0.2, -0.15) is 4.31 Å². The van der Waals surface area contributed by atoms with Crippen LogP contribution in [0.2, 0.25) is 0 Å². The summed E-state index contributed by atoms with van der Waals surface area (Å²) >= 11 is 0. The van der Waals surface area contributed by atoms with Gasteiger partial charge in [-0.15, -0.1) is 0 Å². The number of carboxylic acid groups (broad SMARTS) is 1. The molecule has 0 aliphatic carbocycles. The summed E-state index contributed by atoms with van der Waals surface area (Å²) in [6.45, 7) is 2.13. The third-order valence-electron chi connectivity index (χ3n) is 3.53. The van der Waals surface area contributed by atoms with Crippen molar-refractivity contribution in [1.29, 1.82) is 0 Å². The summed E-state index contributed by atoms with van der Waals surface area (Å²) in [5.41, 5.74) is 0. The number of nitrogens with one attached hydrogen (secondary N) is 1. The molecule has 0 radical (unpaired) electrons. The van der Waals surface area contributed by atoms with Gasteiger partial charge < -0.3 is 10.1 Å². The van der Waals surface area contributed by atoms with E-state index in [1.54, 1.807) is 6.92 Å². The van der Waals surface area contributed by atoms with E-state index in [-0.39, 0.29) is 17.5 Å². The van der Waals surface area contributed by atoms with Crippen molar-refractivity contribution in [3.63, 3.8) is 0 Å². The summed E-state index contributed by atoms with van der Waals surface area (Å²) in [5.74, 6) is -0.354. The van der Waals surface area contributed by atoms with Crippen LogP contribution >= 0.6 is 0 Å². The van der Waals surface area contributed by atoms with Crippen LogP contribution in [0.3, 0.4) is 0 Å². The highest BCUT2D eigenvalue weighted by Crippen LogP contribution is 2.27. The molecule has 8 heteroatoms. The van der Waals surface area contributed by atoms with Gasteiger partial charge >= 0.3 is 5.97 Å². The van der Waals surface area contributed by atoms with E-state index in [2.05, 4.69) is 9.97 Å². The predicted octanol–water partition coefficient (Wildman–Crippen LogP) is 1.13. The summed E-state index contributed by atoms with van der Waals surface area (Å²) in [4.78, 5) is 17.4. The van der Waals surface area contributed by atoms with Crippen molar-refractivity contribution in [2.45, 2.75) is 50.1 Å². The number of hydrogen-bond acceptors (Lipinski definition) is 4. The molecule has 0 bridgehead atoms. The fraction of sp³-hybridized carbons (Fsp3) is 0.667. The number of H-pyrrole nitrogens is 1. The molecule has 1 aromatic heterocycles. The first kappa shape index (κ1) is 15.0. The molecule has 112 valence electrons. The Morgan fingerprint density at radius 2 is 2.30 bits per heavy atom. The Kier molecular flexibility index (Phi) is 4.44. The van der Waals surface area contributed by atoms with Gasteiger partial charge in [0.25, 0.3) is 10.0 Å². The number of aromatic amines is 1. The lowest BCUT2D eigenvalue weighted by Gasteiger charge is -2.34. The maximum absolute atomic E-state index is 12.6. The molecular weight excluding hydrogens is 282 g/mol. The molecule has 1 aliphatic rings. The van der Waals surface area contributed by atoms with E-state index in [1.807, 2.05) is 0 Å². The number of piperidine rings is 1. The summed E-state index contributed by atoms with van der Waals surface area (Å²) in [7, 11) is -3.62. The van der Waals surface area contributed by atoms with Crippen LogP contribution in [0.4, 0.5) is 0 Å². The van der Waals surface area contributed by atoms with Gasteiger partial charge in [0, 0.05) is 19.0 Å². The Hall–Kier alpha value is -1.41. The molecule has 1 aromatic rings. The normalized spacial score (nSPS) is 20.9. The van der Waals surface area contributed by atoms with E-state index in [0.29, 0.717) is 25.2 Å². The van der Waals surface area contributed by atoms with Crippen LogP contribution in [0.15, 0.2) is 11.2 Å². The molecule has 1 fully saturated rings. The minimum absolute atomic E-state index is 0.0152. The summed E-state index contributed by atoms with van der Waals surface area (Å²) in [6.07, 6.45) is 4.09. The smallest absolute Gasteiger partial charge is 0.303 e. The largest absolute Gasteiger partial charge is 0.481 e. The zero-order valence-electron chi connectivity index (χ0n) is 11.4. The Morgan fingerprint density at radius 1 is 1.55 bits per heavy atom. The van der Waals surface area contributed by atoms with E-state index in [1.165, 1.54) is 10.5 Å². The number of imidazole rings is 1. The van der Waals surface area contributed by atoms with Gasteiger partial charge in [-0.05, 0) is 26.2 Å². The Balaban J connectivity index is 2.20. The van der Waals surface area contributed by atoms with Crippen LogP contribution < -0.4 is 0 Å². The third-order valence-corrected chi connectivity index (χ3v) is 5.39. The van der Waals surface area contributed by atoms with Crippen LogP contribution in [-0.2, 0) is 14.8 Å². The second kappa shape index (κ2) is 5.92. The van der Waals surface area contributed by atoms with Gasteiger partial charge in [0.05, 0.1) is 6.20 Å². The first-order valence-electron chi connectivity index (χ1n) is 6.66. The lowest BCUT2D eigenvalue weighted by Crippen LogP contribution is -2.44. The average molecular weight is 301 g/mol. The van der Waals surface area contributed by atoms with Crippen molar-refractivity contribution in [3.05, 3.63) is 12.0 Å². The topological polar surface area (TPSA) is 103 Å². The van der Waals surface area contributed by atoms with Crippen molar-refractivity contribution in [2.75, 3.05) is 6.54 Å².